The van der Waals surface area contributed by atoms with E-state index in [2.05, 4.69) is 32.8 Å². The van der Waals surface area contributed by atoms with Crippen molar-refractivity contribution < 1.29 is 29.0 Å². The highest BCUT2D eigenvalue weighted by Gasteiger charge is 2.44. The summed E-state index contributed by atoms with van der Waals surface area (Å²) in [6, 6.07) is 13.8. The van der Waals surface area contributed by atoms with E-state index in [0.717, 1.165) is 56.9 Å². The van der Waals surface area contributed by atoms with Gasteiger partial charge < -0.3 is 35.0 Å². The van der Waals surface area contributed by atoms with Crippen LogP contribution >= 0.6 is 22.7 Å². The average molecular weight is 803 g/mol. The summed E-state index contributed by atoms with van der Waals surface area (Å²) in [5.41, 5.74) is 6.10. The van der Waals surface area contributed by atoms with E-state index in [9.17, 15) is 19.5 Å². The van der Waals surface area contributed by atoms with Crippen LogP contribution in [-0.2, 0) is 19.1 Å². The molecule has 0 aliphatic carbocycles. The molecule has 4 heterocycles. The van der Waals surface area contributed by atoms with Crippen molar-refractivity contribution in [2.24, 2.45) is 5.41 Å². The Morgan fingerprint density at radius 1 is 1.02 bits per heavy atom. The molecule has 3 N–H and O–H groups in total. The Balaban J connectivity index is 0.962. The molecule has 2 aromatic heterocycles. The lowest BCUT2D eigenvalue weighted by atomic mass is 9.85. The normalized spacial score (nSPS) is 19.7. The van der Waals surface area contributed by atoms with Crippen LogP contribution in [0.3, 0.4) is 0 Å². The quantitative estimate of drug-likeness (QED) is 0.124. The fourth-order valence-electron chi connectivity index (χ4n) is 7.08. The summed E-state index contributed by atoms with van der Waals surface area (Å²) in [5.74, 6) is -0.220. The van der Waals surface area contributed by atoms with Crippen LogP contribution < -0.4 is 20.3 Å². The van der Waals surface area contributed by atoms with Gasteiger partial charge in [-0.05, 0) is 74.4 Å². The molecule has 0 radical (unpaired) electrons. The third kappa shape index (κ3) is 10.3. The molecule has 2 saturated heterocycles. The fourth-order valence-corrected chi connectivity index (χ4v) is 8.77. The summed E-state index contributed by atoms with van der Waals surface area (Å²) in [5, 5.41) is 19.7. The van der Waals surface area contributed by atoms with Gasteiger partial charge in [0.05, 0.1) is 53.2 Å². The van der Waals surface area contributed by atoms with E-state index < -0.39 is 23.6 Å². The van der Waals surface area contributed by atoms with Crippen LogP contribution in [0.1, 0.15) is 77.6 Å². The maximum atomic E-state index is 14.0. The Morgan fingerprint density at radius 2 is 1.75 bits per heavy atom. The number of rotatable bonds is 14. The van der Waals surface area contributed by atoms with E-state index in [-0.39, 0.29) is 49.3 Å². The Bertz CT molecular complexity index is 1940. The first-order valence-corrected chi connectivity index (χ1v) is 21.2. The van der Waals surface area contributed by atoms with Crippen molar-refractivity contribution in [1.82, 2.24) is 25.5 Å². The van der Waals surface area contributed by atoms with E-state index in [1.54, 1.807) is 22.7 Å². The second-order valence-electron chi connectivity index (χ2n) is 15.9. The average Bonchev–Trinajstić information content (AvgIpc) is 3.93. The zero-order chi connectivity index (χ0) is 40.0. The molecule has 56 heavy (non-hydrogen) atoms. The molecule has 0 spiro atoms. The number of aromatic nitrogens is 2. The van der Waals surface area contributed by atoms with Gasteiger partial charge in [0.2, 0.25) is 17.7 Å². The summed E-state index contributed by atoms with van der Waals surface area (Å²) in [4.78, 5) is 54.8. The van der Waals surface area contributed by atoms with Crippen molar-refractivity contribution in [1.29, 1.82) is 0 Å². The zero-order valence-corrected chi connectivity index (χ0v) is 34.8. The molecule has 5 atom stereocenters. The number of amides is 3. The van der Waals surface area contributed by atoms with Crippen LogP contribution in [0.4, 0.5) is 5.13 Å². The van der Waals surface area contributed by atoms with Gasteiger partial charge in [-0.2, -0.15) is 0 Å². The first-order valence-electron chi connectivity index (χ1n) is 19.4. The Morgan fingerprint density at radius 3 is 2.43 bits per heavy atom. The highest BCUT2D eigenvalue weighted by molar-refractivity contribution is 7.14. The van der Waals surface area contributed by atoms with Crippen LogP contribution in [0, 0.1) is 12.3 Å². The molecular weight excluding hydrogens is 749 g/mol. The minimum absolute atomic E-state index is 0.0214. The number of aryl methyl sites for hydroxylation is 1. The smallest absolute Gasteiger partial charge is 0.246 e. The number of β-amino-alcohol motifs (C(OH)–C–C–N with tert-alkyl or cyclic N) is 1. The van der Waals surface area contributed by atoms with Gasteiger partial charge in [0.25, 0.3) is 0 Å². The summed E-state index contributed by atoms with van der Waals surface area (Å²) in [6.45, 7) is 14.5. The highest BCUT2D eigenvalue weighted by atomic mass is 32.1. The second-order valence-corrected chi connectivity index (χ2v) is 17.5. The van der Waals surface area contributed by atoms with Crippen LogP contribution in [-0.4, -0.2) is 94.8 Å². The minimum atomic E-state index is -0.878. The van der Waals surface area contributed by atoms with E-state index in [1.165, 1.54) is 4.90 Å². The monoisotopic (exact) mass is 802 g/mol. The molecule has 5 unspecified atom stereocenters. The molecule has 6 rings (SSSR count). The maximum absolute atomic E-state index is 14.0. The number of ether oxygens (including phenoxy) is 2. The van der Waals surface area contributed by atoms with Crippen molar-refractivity contribution in [2.45, 2.75) is 97.6 Å². The first-order chi connectivity index (χ1) is 26.8. The number of hydrogen-bond donors (Lipinski definition) is 3. The molecule has 2 aromatic carbocycles. The van der Waals surface area contributed by atoms with Crippen LogP contribution in [0.2, 0.25) is 0 Å². The second kappa shape index (κ2) is 18.3. The number of thiazole rings is 2. The number of carbonyl (C=O) groups is 3. The number of nitrogens with zero attached hydrogens (tertiary/aromatic N) is 4. The first kappa shape index (κ1) is 41.3. The standard InChI is InChI=1S/C42H54N6O6S2/c1-26-22-47(18-20-53-26)41-45-34(24-55-41)30-14-16-33(17-15-30)54-19-8-7-9-36(50)46-38(42(4,5)6)40(52)48-23-32(49)21-35(48)39(51)44-27(2)29-10-12-31(13-11-29)37-28(3)43-25-56-37/h10-17,24-27,32,35,38,49H,7-9,18-23H2,1-6H3,(H,44,51)(H,46,50). The van der Waals surface area contributed by atoms with Gasteiger partial charge in [0.15, 0.2) is 5.13 Å². The van der Waals surface area contributed by atoms with E-state index >= 15 is 0 Å². The van der Waals surface area contributed by atoms with Crippen molar-refractivity contribution in [2.75, 3.05) is 37.7 Å². The Kier molecular flexibility index (Phi) is 13.5. The molecule has 14 heteroatoms. The van der Waals surface area contributed by atoms with Gasteiger partial charge in [-0.1, -0.05) is 45.0 Å². The van der Waals surface area contributed by atoms with Crippen LogP contribution in [0.25, 0.3) is 21.7 Å². The predicted octanol–water partition coefficient (Wildman–Crippen LogP) is 6.39. The molecule has 2 fully saturated rings. The Labute approximate surface area is 337 Å². The van der Waals surface area contributed by atoms with Crippen molar-refractivity contribution in [3.8, 4) is 27.4 Å². The van der Waals surface area contributed by atoms with Crippen molar-refractivity contribution in [3.05, 3.63) is 70.7 Å². The van der Waals surface area contributed by atoms with Gasteiger partial charge in [0, 0.05) is 43.4 Å². The number of hydrogen-bond acceptors (Lipinski definition) is 11. The third-order valence-electron chi connectivity index (χ3n) is 10.3. The summed E-state index contributed by atoms with van der Waals surface area (Å²) >= 11 is 3.23. The predicted molar refractivity (Wildman–Crippen MR) is 221 cm³/mol. The van der Waals surface area contributed by atoms with Crippen LogP contribution in [0.5, 0.6) is 5.75 Å². The number of nitrogens with one attached hydrogen (secondary N) is 2. The summed E-state index contributed by atoms with van der Waals surface area (Å²) < 4.78 is 11.6. The number of unbranched alkanes of at least 4 members (excludes halogenated alkanes) is 1. The number of aliphatic hydroxyl groups excluding tert-OH is 1. The van der Waals surface area contributed by atoms with Gasteiger partial charge in [0.1, 0.15) is 17.8 Å². The maximum Gasteiger partial charge on any atom is 0.246 e. The number of carbonyl (C=O) groups excluding carboxylic acids is 3. The molecule has 0 bridgehead atoms. The van der Waals surface area contributed by atoms with E-state index in [0.29, 0.717) is 26.1 Å². The minimum Gasteiger partial charge on any atom is -0.494 e. The van der Waals surface area contributed by atoms with Gasteiger partial charge >= 0.3 is 0 Å². The van der Waals surface area contributed by atoms with Crippen molar-refractivity contribution in [3.63, 3.8) is 0 Å². The SMILES string of the molecule is Cc1ncsc1-c1ccc(C(C)NC(=O)C2CC(O)CN2C(=O)C(NC(=O)CCCCOc2ccc(-c3csc(N4CCOC(C)C4)n3)cc2)C(C)(C)C)cc1. The van der Waals surface area contributed by atoms with Gasteiger partial charge in [-0.15, -0.1) is 22.7 Å². The number of benzene rings is 2. The van der Waals surface area contributed by atoms with E-state index in [4.69, 9.17) is 14.5 Å². The summed E-state index contributed by atoms with van der Waals surface area (Å²) in [6.07, 6.45) is 0.935. The molecular formula is C42H54N6O6S2. The molecule has 4 aromatic rings. The van der Waals surface area contributed by atoms with E-state index in [1.807, 2.05) is 88.7 Å². The third-order valence-corrected chi connectivity index (χ3v) is 12.2. The topological polar surface area (TPSA) is 146 Å². The lowest BCUT2D eigenvalue weighted by Crippen LogP contribution is -2.57. The molecule has 12 nitrogen and oxygen atoms in total. The number of anilines is 1. The molecule has 2 aliphatic heterocycles. The fraction of sp³-hybridized carbons (Fsp3) is 0.500. The number of likely N-dealkylation sites (tertiary alicyclic amines) is 1. The zero-order valence-electron chi connectivity index (χ0n) is 33.1. The van der Waals surface area contributed by atoms with Gasteiger partial charge in [-0.25, -0.2) is 9.97 Å². The van der Waals surface area contributed by atoms with Crippen LogP contribution in [0.15, 0.2) is 59.4 Å². The van der Waals surface area contributed by atoms with Gasteiger partial charge in [-0.3, -0.25) is 14.4 Å². The van der Waals surface area contributed by atoms with Crippen molar-refractivity contribution >= 4 is 45.5 Å². The number of morpholine rings is 1. The Hall–Kier alpha value is -4.37. The molecule has 3 amide bonds. The lowest BCUT2D eigenvalue weighted by Gasteiger charge is -2.35. The summed E-state index contributed by atoms with van der Waals surface area (Å²) in [7, 11) is 0. The molecule has 2 aliphatic rings. The molecule has 300 valence electrons. The lowest BCUT2D eigenvalue weighted by molar-refractivity contribution is -0.144. The number of aliphatic hydroxyl groups is 1. The largest absolute Gasteiger partial charge is 0.494 e. The highest BCUT2D eigenvalue weighted by Crippen LogP contribution is 2.31. The molecule has 0 saturated carbocycles.